The van der Waals surface area contributed by atoms with Crippen molar-refractivity contribution >= 4 is 69.1 Å². The van der Waals surface area contributed by atoms with Gasteiger partial charge in [-0.15, -0.1) is 0 Å². The quantitative estimate of drug-likeness (QED) is 0.0445. The van der Waals surface area contributed by atoms with Gasteiger partial charge in [0.15, 0.2) is 46.5 Å². The molecule has 0 saturated heterocycles. The highest BCUT2D eigenvalue weighted by atomic mass is 19.2. The summed E-state index contributed by atoms with van der Waals surface area (Å²) in [7, 11) is 0. The van der Waals surface area contributed by atoms with Crippen LogP contribution >= 0.6 is 0 Å². The van der Waals surface area contributed by atoms with E-state index in [-0.39, 0.29) is 72.8 Å². The van der Waals surface area contributed by atoms with Gasteiger partial charge in [-0.1, -0.05) is 41.5 Å². The number of H-pyrrole nitrogens is 2. The second-order valence-corrected chi connectivity index (χ2v) is 19.0. The van der Waals surface area contributed by atoms with Gasteiger partial charge in [-0.25, -0.2) is 53.9 Å². The minimum absolute atomic E-state index is 0.00326. The molecule has 70 heavy (non-hydrogen) atoms. The molecule has 7 aromatic rings. The van der Waals surface area contributed by atoms with Crippen molar-refractivity contribution in [3.8, 4) is 44.5 Å². The maximum Gasteiger partial charge on any atom is 0.200 e. The number of nitrogen functional groups attached to an aromatic ring is 4. The van der Waals surface area contributed by atoms with Gasteiger partial charge >= 0.3 is 0 Å². The lowest BCUT2D eigenvalue weighted by Crippen LogP contribution is -2.13. The van der Waals surface area contributed by atoms with Gasteiger partial charge in [-0.3, -0.25) is 0 Å². The fraction of sp³-hybridized carbons (Fsp3) is 0.154. The Bertz CT molecular complexity index is 3580. The first-order valence-electron chi connectivity index (χ1n) is 21.4. The Morgan fingerprint density at radius 1 is 0.329 bits per heavy atom. The number of anilines is 4. The molecule has 18 heteroatoms. The third kappa shape index (κ3) is 7.39. The molecule has 8 bridgehead atoms. The van der Waals surface area contributed by atoms with Crippen LogP contribution in [0.1, 0.15) is 75.4 Å². The molecule has 8 nitrogen and oxygen atoms in total. The van der Waals surface area contributed by atoms with Crippen LogP contribution in [-0.2, 0) is 10.8 Å². The molecule has 0 fully saturated rings. The summed E-state index contributed by atoms with van der Waals surface area (Å²) in [4.78, 5) is 15.4. The lowest BCUT2D eigenvalue weighted by Gasteiger charge is -2.22. The molecular weight excluding hydrogens is 927 g/mol. The van der Waals surface area contributed by atoms with Gasteiger partial charge in [-0.2, -0.15) is 0 Å². The Labute approximate surface area is 392 Å². The Kier molecular flexibility index (Phi) is 11.0. The Morgan fingerprint density at radius 3 is 0.886 bits per heavy atom. The summed E-state index contributed by atoms with van der Waals surface area (Å²) in [5.74, 6) is -23.4. The van der Waals surface area contributed by atoms with Crippen LogP contribution in [0.2, 0.25) is 0 Å². The number of aromatic amines is 2. The zero-order chi connectivity index (χ0) is 50.8. The van der Waals surface area contributed by atoms with Gasteiger partial charge in [-0.05, 0) is 94.8 Å². The molecule has 0 amide bonds. The number of hydrogen-bond acceptors (Lipinski definition) is 6. The maximum atomic E-state index is 16.1. The van der Waals surface area contributed by atoms with Gasteiger partial charge in [0.05, 0.1) is 33.9 Å². The van der Waals surface area contributed by atoms with E-state index >= 15 is 35.1 Å². The minimum Gasteiger partial charge on any atom is -0.398 e. The van der Waals surface area contributed by atoms with Gasteiger partial charge in [0, 0.05) is 78.2 Å². The molecule has 4 aromatic carbocycles. The summed E-state index contributed by atoms with van der Waals surface area (Å²) >= 11 is 0. The fourth-order valence-electron chi connectivity index (χ4n) is 8.73. The van der Waals surface area contributed by atoms with Crippen LogP contribution in [0.5, 0.6) is 0 Å². The van der Waals surface area contributed by atoms with Gasteiger partial charge in [0.2, 0.25) is 11.6 Å². The molecule has 2 aliphatic heterocycles. The summed E-state index contributed by atoms with van der Waals surface area (Å²) in [6.07, 6.45) is 4.54. The molecule has 0 unspecified atom stereocenters. The van der Waals surface area contributed by atoms with Gasteiger partial charge in [0.1, 0.15) is 0 Å². The summed E-state index contributed by atoms with van der Waals surface area (Å²) in [5, 5.41) is 0. The van der Waals surface area contributed by atoms with Crippen LogP contribution < -0.4 is 22.9 Å². The van der Waals surface area contributed by atoms with Crippen molar-refractivity contribution in [1.29, 1.82) is 0 Å². The van der Waals surface area contributed by atoms with Crippen molar-refractivity contribution in [1.82, 2.24) is 19.9 Å². The number of benzene rings is 4. The van der Waals surface area contributed by atoms with Gasteiger partial charge < -0.3 is 32.9 Å². The smallest absolute Gasteiger partial charge is 0.200 e. The van der Waals surface area contributed by atoms with E-state index in [0.29, 0.717) is 0 Å². The van der Waals surface area contributed by atoms with Crippen LogP contribution in [0, 0.1) is 58.2 Å². The molecule has 0 spiro atoms. The number of rotatable bonds is 4. The van der Waals surface area contributed by atoms with Crippen molar-refractivity contribution in [2.24, 2.45) is 0 Å². The second kappa shape index (κ2) is 16.3. The lowest BCUT2D eigenvalue weighted by atomic mass is 9.84. The van der Waals surface area contributed by atoms with Gasteiger partial charge in [0.25, 0.3) is 0 Å². The first-order valence-corrected chi connectivity index (χ1v) is 21.4. The predicted molar refractivity (Wildman–Crippen MR) is 255 cm³/mol. The standard InChI is InChI=1S/C52H40F10N8/c1-51(2,3)19-15-21(63)33(22(64)16-19)35-25-7-8-26(67-25)36(34-23(65)17-20(18-24(34)66)52(4,5)6)28-10-12-30(69-28)38(40-43(55)47(59)50(62)48(60)44(40)56)32-14-13-31(70-32)37(29-11-9-27(35)68-29)39-41(53)45(57)49(61)46(58)42(39)54/h7-18,67-68H,63-66H2,1-6H3. The average Bonchev–Trinajstić information content (AvgIpc) is 4.14. The Morgan fingerprint density at radius 2 is 0.571 bits per heavy atom. The van der Waals surface area contributed by atoms with Crippen LogP contribution in [0.4, 0.5) is 66.7 Å². The summed E-state index contributed by atoms with van der Waals surface area (Å²) in [6, 6.07) is 12.7. The second-order valence-electron chi connectivity index (χ2n) is 19.0. The third-order valence-corrected chi connectivity index (χ3v) is 12.3. The number of hydrogen-bond donors (Lipinski definition) is 6. The highest BCUT2D eigenvalue weighted by Gasteiger charge is 2.33. The first-order chi connectivity index (χ1) is 32.8. The summed E-state index contributed by atoms with van der Waals surface area (Å²) in [5.41, 5.74) is 23.7. The van der Waals surface area contributed by atoms with Crippen LogP contribution in [0.3, 0.4) is 0 Å². The average molecular weight is 967 g/mol. The largest absolute Gasteiger partial charge is 0.398 e. The first kappa shape index (κ1) is 47.1. The van der Waals surface area contributed by atoms with Crippen LogP contribution in [0.15, 0.2) is 48.5 Å². The van der Waals surface area contributed by atoms with Crippen molar-refractivity contribution in [3.05, 3.63) is 141 Å². The Hall–Kier alpha value is -8.02. The highest BCUT2D eigenvalue weighted by Crippen LogP contribution is 2.46. The SMILES string of the molecule is CC(C)(C)c1cc(N)c(-c2c3nc(c(-c4c(F)c(F)c(F)c(F)c4F)c4nc(c(-c5c(F)c(F)c(F)c(F)c5F)c5ccc([nH]5)c(-c5c(N)cc(C(C)(C)C)cc5N)c5ccc2[nH]5)C=C4)C=C3)c(N)c1. The zero-order valence-corrected chi connectivity index (χ0v) is 37.9. The third-order valence-electron chi connectivity index (χ3n) is 12.3. The molecule has 9 rings (SSSR count). The van der Waals surface area contributed by atoms with E-state index in [1.165, 1.54) is 24.3 Å². The number of aromatic nitrogens is 4. The molecule has 0 atom stereocenters. The lowest BCUT2D eigenvalue weighted by molar-refractivity contribution is 0.381. The fourth-order valence-corrected chi connectivity index (χ4v) is 8.73. The normalized spacial score (nSPS) is 12.7. The number of nitrogens with zero attached hydrogens (tertiary/aromatic N) is 2. The van der Waals surface area contributed by atoms with Crippen molar-refractivity contribution < 1.29 is 43.9 Å². The topological polar surface area (TPSA) is 161 Å². The molecule has 3 aromatic heterocycles. The summed E-state index contributed by atoms with van der Waals surface area (Å²) in [6.45, 7) is 11.7. The number of halogens is 10. The molecule has 0 radical (unpaired) electrons. The number of nitrogens with two attached hydrogens (primary N) is 4. The molecule has 10 N–H and O–H groups in total. The number of nitrogens with one attached hydrogen (secondary N) is 2. The van der Waals surface area contributed by atoms with E-state index in [1.54, 1.807) is 36.4 Å². The predicted octanol–water partition coefficient (Wildman–Crippen LogP) is 13.6. The summed E-state index contributed by atoms with van der Waals surface area (Å²) < 4.78 is 154. The molecular formula is C52H40F10N8. The van der Waals surface area contributed by atoms with E-state index in [9.17, 15) is 8.78 Å². The monoisotopic (exact) mass is 966 g/mol. The van der Waals surface area contributed by atoms with E-state index in [0.717, 1.165) is 23.3 Å². The molecule has 0 aliphatic carbocycles. The van der Waals surface area contributed by atoms with E-state index in [2.05, 4.69) is 15.0 Å². The molecule has 358 valence electrons. The maximum absolute atomic E-state index is 16.1. The Balaban J connectivity index is 1.56. The van der Waals surface area contributed by atoms with Crippen LogP contribution in [-0.4, -0.2) is 19.9 Å². The minimum atomic E-state index is -2.47. The van der Waals surface area contributed by atoms with Crippen LogP contribution in [0.25, 0.3) is 90.9 Å². The van der Waals surface area contributed by atoms with E-state index in [1.807, 2.05) is 41.5 Å². The van der Waals surface area contributed by atoms with E-state index < -0.39 is 108 Å². The highest BCUT2D eigenvalue weighted by molar-refractivity contribution is 6.06. The van der Waals surface area contributed by atoms with E-state index in [4.69, 9.17) is 27.9 Å². The number of fused-ring (bicyclic) bond motifs is 8. The van der Waals surface area contributed by atoms with Crippen molar-refractivity contribution in [2.75, 3.05) is 22.9 Å². The molecule has 2 aliphatic rings. The molecule has 5 heterocycles. The van der Waals surface area contributed by atoms with Crippen molar-refractivity contribution in [2.45, 2.75) is 52.4 Å². The van der Waals surface area contributed by atoms with Crippen molar-refractivity contribution in [3.63, 3.8) is 0 Å². The zero-order valence-electron chi connectivity index (χ0n) is 37.9. The molecule has 0 saturated carbocycles.